The van der Waals surface area contributed by atoms with E-state index >= 15 is 0 Å². The molecular formula is C16H15NO4. The standard InChI is InChI=1S/C16H15NO4/c1-10-12(5-3-6-13(10)18)17-16(19)11-4-2-7-14-15(11)21-9-8-20-14/h2-7,18H,8-9H2,1H3,(H,17,19). The van der Waals surface area contributed by atoms with Gasteiger partial charge in [0.1, 0.15) is 19.0 Å². The number of carbonyl (C=O) groups is 1. The van der Waals surface area contributed by atoms with E-state index in [2.05, 4.69) is 5.32 Å². The van der Waals surface area contributed by atoms with Crippen molar-refractivity contribution in [3.8, 4) is 17.2 Å². The predicted octanol–water partition coefficient (Wildman–Crippen LogP) is 2.72. The zero-order valence-electron chi connectivity index (χ0n) is 11.6. The average molecular weight is 285 g/mol. The molecule has 1 aliphatic heterocycles. The molecule has 1 amide bonds. The first-order chi connectivity index (χ1) is 10.2. The monoisotopic (exact) mass is 285 g/mol. The molecule has 2 N–H and O–H groups in total. The molecule has 0 bridgehead atoms. The molecular weight excluding hydrogens is 270 g/mol. The van der Waals surface area contributed by atoms with Gasteiger partial charge in [-0.2, -0.15) is 0 Å². The fourth-order valence-corrected chi connectivity index (χ4v) is 2.20. The second-order valence-corrected chi connectivity index (χ2v) is 4.73. The number of amides is 1. The maximum Gasteiger partial charge on any atom is 0.259 e. The topological polar surface area (TPSA) is 67.8 Å². The highest BCUT2D eigenvalue weighted by Crippen LogP contribution is 2.34. The van der Waals surface area contributed by atoms with Gasteiger partial charge in [-0.15, -0.1) is 0 Å². The van der Waals surface area contributed by atoms with Gasteiger partial charge in [0, 0.05) is 11.3 Å². The van der Waals surface area contributed by atoms with E-state index in [4.69, 9.17) is 9.47 Å². The Morgan fingerprint density at radius 3 is 2.76 bits per heavy atom. The third kappa shape index (κ3) is 2.50. The summed E-state index contributed by atoms with van der Waals surface area (Å²) < 4.78 is 11.0. The van der Waals surface area contributed by atoms with Crippen LogP contribution in [0.2, 0.25) is 0 Å². The van der Waals surface area contributed by atoms with Gasteiger partial charge in [-0.3, -0.25) is 4.79 Å². The van der Waals surface area contributed by atoms with E-state index < -0.39 is 0 Å². The molecule has 2 aromatic carbocycles. The third-order valence-corrected chi connectivity index (χ3v) is 3.36. The van der Waals surface area contributed by atoms with Gasteiger partial charge < -0.3 is 19.9 Å². The van der Waals surface area contributed by atoms with Crippen LogP contribution in [0.3, 0.4) is 0 Å². The van der Waals surface area contributed by atoms with Crippen molar-refractivity contribution in [3.63, 3.8) is 0 Å². The minimum atomic E-state index is -0.300. The molecule has 1 heterocycles. The molecule has 0 spiro atoms. The highest BCUT2D eigenvalue weighted by molar-refractivity contribution is 6.07. The lowest BCUT2D eigenvalue weighted by molar-refractivity contribution is 0.101. The number of anilines is 1. The molecule has 0 aromatic heterocycles. The number of phenolic OH excluding ortho intramolecular Hbond substituents is 1. The van der Waals surface area contributed by atoms with Crippen molar-refractivity contribution < 1.29 is 19.4 Å². The molecule has 5 heteroatoms. The van der Waals surface area contributed by atoms with E-state index in [0.29, 0.717) is 41.5 Å². The van der Waals surface area contributed by atoms with Crippen molar-refractivity contribution >= 4 is 11.6 Å². The van der Waals surface area contributed by atoms with Crippen molar-refractivity contribution in [2.75, 3.05) is 18.5 Å². The molecule has 0 saturated heterocycles. The van der Waals surface area contributed by atoms with Gasteiger partial charge >= 0.3 is 0 Å². The van der Waals surface area contributed by atoms with Crippen LogP contribution in [0.4, 0.5) is 5.69 Å². The lowest BCUT2D eigenvalue weighted by Gasteiger charge is -2.20. The Balaban J connectivity index is 1.91. The summed E-state index contributed by atoms with van der Waals surface area (Å²) in [6.07, 6.45) is 0. The number of nitrogens with one attached hydrogen (secondary N) is 1. The zero-order chi connectivity index (χ0) is 14.8. The number of fused-ring (bicyclic) bond motifs is 1. The molecule has 21 heavy (non-hydrogen) atoms. The normalized spacial score (nSPS) is 12.8. The summed E-state index contributed by atoms with van der Waals surface area (Å²) in [5.41, 5.74) is 1.59. The molecule has 1 aliphatic rings. The van der Waals surface area contributed by atoms with E-state index in [9.17, 15) is 9.90 Å². The van der Waals surface area contributed by atoms with Crippen LogP contribution < -0.4 is 14.8 Å². The summed E-state index contributed by atoms with van der Waals surface area (Å²) in [6.45, 7) is 2.64. The molecule has 0 radical (unpaired) electrons. The Morgan fingerprint density at radius 2 is 1.90 bits per heavy atom. The van der Waals surface area contributed by atoms with Crippen molar-refractivity contribution in [1.29, 1.82) is 0 Å². The van der Waals surface area contributed by atoms with Gasteiger partial charge in [0.05, 0.1) is 5.56 Å². The van der Waals surface area contributed by atoms with E-state index in [1.807, 2.05) is 0 Å². The van der Waals surface area contributed by atoms with Crippen molar-refractivity contribution in [3.05, 3.63) is 47.5 Å². The van der Waals surface area contributed by atoms with Crippen LogP contribution >= 0.6 is 0 Å². The largest absolute Gasteiger partial charge is 0.508 e. The van der Waals surface area contributed by atoms with Crippen LogP contribution in [0.1, 0.15) is 15.9 Å². The van der Waals surface area contributed by atoms with Gasteiger partial charge in [0.25, 0.3) is 5.91 Å². The van der Waals surface area contributed by atoms with Crippen molar-refractivity contribution in [2.45, 2.75) is 6.92 Å². The van der Waals surface area contributed by atoms with Crippen molar-refractivity contribution in [1.82, 2.24) is 0 Å². The minimum Gasteiger partial charge on any atom is -0.508 e. The van der Waals surface area contributed by atoms with Gasteiger partial charge in [-0.1, -0.05) is 12.1 Å². The Kier molecular flexibility index (Phi) is 3.39. The summed E-state index contributed by atoms with van der Waals surface area (Å²) in [6, 6.07) is 10.2. The zero-order valence-corrected chi connectivity index (χ0v) is 11.6. The molecule has 108 valence electrons. The SMILES string of the molecule is Cc1c(O)cccc1NC(=O)c1cccc2c1OCCO2. The maximum absolute atomic E-state index is 12.4. The van der Waals surface area contributed by atoms with Crippen LogP contribution in [0, 0.1) is 6.92 Å². The Labute approximate surface area is 122 Å². The Morgan fingerprint density at radius 1 is 1.14 bits per heavy atom. The maximum atomic E-state index is 12.4. The summed E-state index contributed by atoms with van der Waals surface area (Å²) >= 11 is 0. The predicted molar refractivity (Wildman–Crippen MR) is 78.2 cm³/mol. The highest BCUT2D eigenvalue weighted by Gasteiger charge is 2.20. The van der Waals surface area contributed by atoms with Crippen LogP contribution in [-0.4, -0.2) is 24.2 Å². The fraction of sp³-hybridized carbons (Fsp3) is 0.188. The number of benzene rings is 2. The molecule has 0 saturated carbocycles. The molecule has 0 unspecified atom stereocenters. The summed E-state index contributed by atoms with van der Waals surface area (Å²) in [5, 5.41) is 12.5. The number of para-hydroxylation sites is 1. The third-order valence-electron chi connectivity index (χ3n) is 3.36. The highest BCUT2D eigenvalue weighted by atomic mass is 16.6. The quantitative estimate of drug-likeness (QED) is 0.890. The van der Waals surface area contributed by atoms with Crippen LogP contribution in [0.5, 0.6) is 17.2 Å². The molecule has 0 fully saturated rings. The van der Waals surface area contributed by atoms with Crippen LogP contribution in [0.25, 0.3) is 0 Å². The number of hydrogen-bond acceptors (Lipinski definition) is 4. The number of rotatable bonds is 2. The molecule has 5 nitrogen and oxygen atoms in total. The van der Waals surface area contributed by atoms with Gasteiger partial charge in [-0.05, 0) is 31.2 Å². The Bertz CT molecular complexity index is 697. The smallest absolute Gasteiger partial charge is 0.259 e. The van der Waals surface area contributed by atoms with Gasteiger partial charge in [0.2, 0.25) is 0 Å². The van der Waals surface area contributed by atoms with E-state index in [1.54, 1.807) is 43.3 Å². The first kappa shape index (κ1) is 13.3. The van der Waals surface area contributed by atoms with E-state index in [0.717, 1.165) is 0 Å². The first-order valence-corrected chi connectivity index (χ1v) is 6.65. The van der Waals surface area contributed by atoms with E-state index in [1.165, 1.54) is 0 Å². The Hall–Kier alpha value is -2.69. The minimum absolute atomic E-state index is 0.141. The summed E-state index contributed by atoms with van der Waals surface area (Å²) in [7, 11) is 0. The number of hydrogen-bond donors (Lipinski definition) is 2. The number of ether oxygens (including phenoxy) is 2. The number of phenols is 1. The van der Waals surface area contributed by atoms with Gasteiger partial charge in [0.15, 0.2) is 11.5 Å². The fourth-order valence-electron chi connectivity index (χ4n) is 2.20. The second kappa shape index (κ2) is 5.36. The van der Waals surface area contributed by atoms with E-state index in [-0.39, 0.29) is 11.7 Å². The van der Waals surface area contributed by atoms with Crippen LogP contribution in [-0.2, 0) is 0 Å². The number of carbonyl (C=O) groups excluding carboxylic acids is 1. The number of aromatic hydroxyl groups is 1. The van der Waals surface area contributed by atoms with Crippen molar-refractivity contribution in [2.24, 2.45) is 0 Å². The lowest BCUT2D eigenvalue weighted by atomic mass is 10.1. The average Bonchev–Trinajstić information content (AvgIpc) is 2.51. The molecule has 2 aromatic rings. The second-order valence-electron chi connectivity index (χ2n) is 4.73. The lowest BCUT2D eigenvalue weighted by Crippen LogP contribution is -2.20. The molecule has 0 atom stereocenters. The summed E-state index contributed by atoms with van der Waals surface area (Å²) in [4.78, 5) is 12.4. The molecule has 3 rings (SSSR count). The van der Waals surface area contributed by atoms with Crippen LogP contribution in [0.15, 0.2) is 36.4 Å². The van der Waals surface area contributed by atoms with Gasteiger partial charge in [-0.25, -0.2) is 0 Å². The first-order valence-electron chi connectivity index (χ1n) is 6.65. The summed E-state index contributed by atoms with van der Waals surface area (Å²) in [5.74, 6) is 0.870. The molecule has 0 aliphatic carbocycles.